The maximum absolute atomic E-state index is 11.5. The van der Waals surface area contributed by atoms with Gasteiger partial charge < -0.3 is 5.32 Å². The molecule has 80 valence electrons. The molecule has 15 heavy (non-hydrogen) atoms. The van der Waals surface area contributed by atoms with E-state index in [-0.39, 0.29) is 11.8 Å². The summed E-state index contributed by atoms with van der Waals surface area (Å²) < 4.78 is 0. The highest BCUT2D eigenvalue weighted by atomic mass is 32.1. The fourth-order valence-electron chi connectivity index (χ4n) is 0.818. The first kappa shape index (κ1) is 11.4. The molecule has 0 bridgehead atoms. The van der Waals surface area contributed by atoms with Crippen LogP contribution >= 0.6 is 11.3 Å². The van der Waals surface area contributed by atoms with Crippen LogP contribution in [0.3, 0.4) is 0 Å². The van der Waals surface area contributed by atoms with Crippen LogP contribution in [0.4, 0.5) is 5.13 Å². The van der Waals surface area contributed by atoms with E-state index in [0.29, 0.717) is 5.13 Å². The van der Waals surface area contributed by atoms with Gasteiger partial charge in [-0.05, 0) is 0 Å². The molecule has 0 spiro atoms. The van der Waals surface area contributed by atoms with Gasteiger partial charge in [-0.1, -0.05) is 0 Å². The Labute approximate surface area is 91.4 Å². The van der Waals surface area contributed by atoms with E-state index in [2.05, 4.69) is 10.3 Å². The number of aromatic nitrogens is 1. The normalized spacial score (nSPS) is 10.3. The molecule has 0 saturated heterocycles. The van der Waals surface area contributed by atoms with E-state index in [4.69, 9.17) is 0 Å². The lowest BCUT2D eigenvalue weighted by molar-refractivity contribution is -0.117. The average Bonchev–Trinajstić information content (AvgIpc) is 2.77. The summed E-state index contributed by atoms with van der Waals surface area (Å²) in [6.45, 7) is 0. The van der Waals surface area contributed by atoms with Crippen molar-refractivity contribution in [1.29, 1.82) is 0 Å². The Morgan fingerprint density at radius 1 is 1.53 bits per heavy atom. The maximum atomic E-state index is 11.5. The number of thiazole rings is 1. The molecule has 1 rings (SSSR count). The summed E-state index contributed by atoms with van der Waals surface area (Å²) in [6, 6.07) is 0. The summed E-state index contributed by atoms with van der Waals surface area (Å²) >= 11 is 1.36. The number of hydrogen-bond donors (Lipinski definition) is 1. The van der Waals surface area contributed by atoms with Crippen molar-refractivity contribution >= 4 is 28.3 Å². The number of carbonyl (C=O) groups is 2. The van der Waals surface area contributed by atoms with Crippen molar-refractivity contribution < 1.29 is 9.59 Å². The van der Waals surface area contributed by atoms with E-state index in [1.165, 1.54) is 35.4 Å². The van der Waals surface area contributed by atoms with Crippen molar-refractivity contribution in [1.82, 2.24) is 10.3 Å². The smallest absolute Gasteiger partial charge is 0.252 e. The van der Waals surface area contributed by atoms with Gasteiger partial charge in [0, 0.05) is 37.8 Å². The lowest BCUT2D eigenvalue weighted by Gasteiger charge is -2.09. The van der Waals surface area contributed by atoms with E-state index in [1.807, 2.05) is 0 Å². The number of nitrogens with zero attached hydrogens (tertiary/aromatic N) is 2. The van der Waals surface area contributed by atoms with Gasteiger partial charge in [0.25, 0.3) is 5.91 Å². The number of carbonyl (C=O) groups excluding carboxylic acids is 2. The van der Waals surface area contributed by atoms with Crippen LogP contribution in [0.15, 0.2) is 23.7 Å². The number of rotatable bonds is 3. The molecule has 0 aliphatic heterocycles. The van der Waals surface area contributed by atoms with Crippen molar-refractivity contribution in [3.63, 3.8) is 0 Å². The van der Waals surface area contributed by atoms with E-state index < -0.39 is 0 Å². The SMILES string of the molecule is CNC(=O)/C=C/C(=O)N(C)c1nccs1. The van der Waals surface area contributed by atoms with Gasteiger partial charge in [0.2, 0.25) is 5.91 Å². The minimum absolute atomic E-state index is 0.284. The van der Waals surface area contributed by atoms with E-state index in [1.54, 1.807) is 18.6 Å². The summed E-state index contributed by atoms with van der Waals surface area (Å²) in [5.41, 5.74) is 0. The van der Waals surface area contributed by atoms with Crippen LogP contribution in [-0.4, -0.2) is 30.9 Å². The lowest BCUT2D eigenvalue weighted by atomic mass is 10.4. The standard InChI is InChI=1S/C9H11N3O2S/c1-10-7(13)3-4-8(14)12(2)9-11-5-6-15-9/h3-6H,1-2H3,(H,10,13)/b4-3+. The second-order valence-corrected chi connectivity index (χ2v) is 3.53. The topological polar surface area (TPSA) is 62.3 Å². The number of amides is 2. The first-order valence-corrected chi connectivity index (χ1v) is 5.10. The van der Waals surface area contributed by atoms with E-state index >= 15 is 0 Å². The highest BCUT2D eigenvalue weighted by Crippen LogP contribution is 2.15. The molecule has 0 fully saturated rings. The highest BCUT2D eigenvalue weighted by Gasteiger charge is 2.09. The predicted molar refractivity (Wildman–Crippen MR) is 58.7 cm³/mol. The van der Waals surface area contributed by atoms with Gasteiger partial charge in [-0.15, -0.1) is 11.3 Å². The molecule has 0 aliphatic carbocycles. The van der Waals surface area contributed by atoms with Gasteiger partial charge >= 0.3 is 0 Å². The van der Waals surface area contributed by atoms with Crippen molar-refractivity contribution in [2.75, 3.05) is 19.0 Å². The average molecular weight is 225 g/mol. The maximum Gasteiger partial charge on any atom is 0.252 e. The van der Waals surface area contributed by atoms with Crippen LogP contribution in [0.5, 0.6) is 0 Å². The Morgan fingerprint density at radius 2 is 2.27 bits per heavy atom. The van der Waals surface area contributed by atoms with Crippen molar-refractivity contribution in [2.24, 2.45) is 0 Å². The molecule has 0 saturated carbocycles. The third-order valence-corrected chi connectivity index (χ3v) is 2.51. The Kier molecular flexibility index (Phi) is 3.99. The lowest BCUT2D eigenvalue weighted by Crippen LogP contribution is -2.24. The molecule has 1 heterocycles. The molecular weight excluding hydrogens is 214 g/mol. The molecule has 0 aromatic carbocycles. The van der Waals surface area contributed by atoms with E-state index in [9.17, 15) is 9.59 Å². The quantitative estimate of drug-likeness (QED) is 0.758. The summed E-state index contributed by atoms with van der Waals surface area (Å²) in [4.78, 5) is 27.7. The second-order valence-electron chi connectivity index (χ2n) is 2.66. The molecule has 6 heteroatoms. The van der Waals surface area contributed by atoms with Crippen molar-refractivity contribution in [3.05, 3.63) is 23.7 Å². The van der Waals surface area contributed by atoms with Crippen LogP contribution in [0.25, 0.3) is 0 Å². The second kappa shape index (κ2) is 5.26. The minimum Gasteiger partial charge on any atom is -0.356 e. The molecular formula is C9H11N3O2S. The van der Waals surface area contributed by atoms with Crippen LogP contribution in [-0.2, 0) is 9.59 Å². The third-order valence-electron chi connectivity index (χ3n) is 1.66. The fourth-order valence-corrected chi connectivity index (χ4v) is 1.43. The molecule has 0 aliphatic rings. The highest BCUT2D eigenvalue weighted by molar-refractivity contribution is 7.13. The van der Waals surface area contributed by atoms with Crippen LogP contribution < -0.4 is 10.2 Å². The zero-order valence-corrected chi connectivity index (χ0v) is 9.25. The van der Waals surface area contributed by atoms with E-state index in [0.717, 1.165) is 0 Å². The first-order valence-electron chi connectivity index (χ1n) is 4.22. The van der Waals surface area contributed by atoms with Gasteiger partial charge in [-0.2, -0.15) is 0 Å². The number of nitrogens with one attached hydrogen (secondary N) is 1. The predicted octanol–water partition coefficient (Wildman–Crippen LogP) is 0.408. The summed E-state index contributed by atoms with van der Waals surface area (Å²) in [7, 11) is 3.11. The van der Waals surface area contributed by atoms with Crippen LogP contribution in [0, 0.1) is 0 Å². The van der Waals surface area contributed by atoms with Crippen LogP contribution in [0.1, 0.15) is 0 Å². The molecule has 1 aromatic rings. The molecule has 0 radical (unpaired) electrons. The van der Waals surface area contributed by atoms with Gasteiger partial charge in [0.05, 0.1) is 0 Å². The largest absolute Gasteiger partial charge is 0.356 e. The zero-order chi connectivity index (χ0) is 11.3. The summed E-state index contributed by atoms with van der Waals surface area (Å²) in [6.07, 6.45) is 4.01. The Morgan fingerprint density at radius 3 is 2.80 bits per heavy atom. The molecule has 5 nitrogen and oxygen atoms in total. The molecule has 1 N–H and O–H groups in total. The van der Waals surface area contributed by atoms with Crippen molar-refractivity contribution in [3.8, 4) is 0 Å². The number of anilines is 1. The van der Waals surface area contributed by atoms with Gasteiger partial charge in [0.1, 0.15) is 0 Å². The molecule has 1 aromatic heterocycles. The Hall–Kier alpha value is -1.69. The van der Waals surface area contributed by atoms with Gasteiger partial charge in [0.15, 0.2) is 5.13 Å². The van der Waals surface area contributed by atoms with Crippen molar-refractivity contribution in [2.45, 2.75) is 0 Å². The first-order chi connectivity index (χ1) is 7.15. The Balaban J connectivity index is 2.62. The monoisotopic (exact) mass is 225 g/mol. The minimum atomic E-state index is -0.309. The fraction of sp³-hybridized carbons (Fsp3) is 0.222. The van der Waals surface area contributed by atoms with Gasteiger partial charge in [-0.25, -0.2) is 4.98 Å². The Bertz CT molecular complexity index is 373. The number of hydrogen-bond acceptors (Lipinski definition) is 4. The molecule has 2 amide bonds. The summed E-state index contributed by atoms with van der Waals surface area (Å²) in [5, 5.41) is 4.76. The van der Waals surface area contributed by atoms with Gasteiger partial charge in [-0.3, -0.25) is 14.5 Å². The zero-order valence-electron chi connectivity index (χ0n) is 8.43. The third kappa shape index (κ3) is 3.17. The molecule has 0 atom stereocenters. The number of likely N-dealkylation sites (N-methyl/N-ethyl adjacent to an activating group) is 2. The summed E-state index contributed by atoms with van der Waals surface area (Å²) in [5.74, 6) is -0.593. The molecule has 0 unspecified atom stereocenters. The van der Waals surface area contributed by atoms with Crippen LogP contribution in [0.2, 0.25) is 0 Å².